The minimum absolute atomic E-state index is 0.0423. The molecule has 1 fully saturated rings. The minimum Gasteiger partial charge on any atom is -0.454 e. The number of carbonyl (C=O) groups excluding carboxylic acids is 1. The number of hydrogen-bond donors (Lipinski definition) is 1. The Morgan fingerprint density at radius 1 is 1.15 bits per heavy atom. The van der Waals surface area contributed by atoms with Crippen molar-refractivity contribution in [3.63, 3.8) is 0 Å². The SMILES string of the molecule is CCN1CCN(C(=O)c2ccnc(NCc3ccc4c(c3)OCO4)n2)CC1. The molecule has 0 aliphatic carbocycles. The third-order valence-electron chi connectivity index (χ3n) is 4.87. The van der Waals surface area contributed by atoms with Crippen LogP contribution in [0.5, 0.6) is 11.5 Å². The lowest BCUT2D eigenvalue weighted by molar-refractivity contribution is 0.0637. The van der Waals surface area contributed by atoms with Gasteiger partial charge in [0.15, 0.2) is 11.5 Å². The summed E-state index contributed by atoms with van der Waals surface area (Å²) in [6, 6.07) is 7.44. The van der Waals surface area contributed by atoms with E-state index in [2.05, 4.69) is 27.1 Å². The van der Waals surface area contributed by atoms with Crippen LogP contribution >= 0.6 is 0 Å². The van der Waals surface area contributed by atoms with E-state index in [0.29, 0.717) is 18.2 Å². The number of anilines is 1. The van der Waals surface area contributed by atoms with Crippen molar-refractivity contribution in [1.82, 2.24) is 19.8 Å². The number of ether oxygens (including phenoxy) is 2. The number of hydrogen-bond acceptors (Lipinski definition) is 7. The fourth-order valence-corrected chi connectivity index (χ4v) is 3.22. The number of fused-ring (bicyclic) bond motifs is 1. The number of aromatic nitrogens is 2. The Kier molecular flexibility index (Phi) is 5.06. The van der Waals surface area contributed by atoms with E-state index < -0.39 is 0 Å². The van der Waals surface area contributed by atoms with Gasteiger partial charge in [0.2, 0.25) is 12.7 Å². The largest absolute Gasteiger partial charge is 0.454 e. The zero-order valence-corrected chi connectivity index (χ0v) is 15.4. The van der Waals surface area contributed by atoms with E-state index in [1.807, 2.05) is 23.1 Å². The number of amides is 1. The van der Waals surface area contributed by atoms with Crippen LogP contribution in [0.15, 0.2) is 30.5 Å². The maximum absolute atomic E-state index is 12.7. The molecule has 1 aromatic carbocycles. The molecule has 27 heavy (non-hydrogen) atoms. The van der Waals surface area contributed by atoms with Gasteiger partial charge in [-0.1, -0.05) is 13.0 Å². The lowest BCUT2D eigenvalue weighted by Crippen LogP contribution is -2.48. The number of nitrogens with one attached hydrogen (secondary N) is 1. The van der Waals surface area contributed by atoms with Crippen molar-refractivity contribution in [2.45, 2.75) is 13.5 Å². The molecule has 4 rings (SSSR count). The van der Waals surface area contributed by atoms with E-state index in [4.69, 9.17) is 9.47 Å². The quantitative estimate of drug-likeness (QED) is 0.857. The van der Waals surface area contributed by atoms with Crippen molar-refractivity contribution in [2.75, 3.05) is 44.8 Å². The molecule has 2 aromatic rings. The van der Waals surface area contributed by atoms with Gasteiger partial charge in [-0.15, -0.1) is 0 Å². The second-order valence-electron chi connectivity index (χ2n) is 6.53. The van der Waals surface area contributed by atoms with Crippen LogP contribution < -0.4 is 14.8 Å². The molecule has 2 aliphatic rings. The van der Waals surface area contributed by atoms with E-state index >= 15 is 0 Å². The van der Waals surface area contributed by atoms with Gasteiger partial charge in [-0.3, -0.25) is 4.79 Å². The first kappa shape index (κ1) is 17.5. The molecule has 8 nitrogen and oxygen atoms in total. The molecular formula is C19H23N5O3. The Morgan fingerprint density at radius 3 is 2.78 bits per heavy atom. The molecule has 0 atom stereocenters. The van der Waals surface area contributed by atoms with Gasteiger partial charge < -0.3 is 24.6 Å². The molecular weight excluding hydrogens is 346 g/mol. The van der Waals surface area contributed by atoms with Crippen molar-refractivity contribution in [3.8, 4) is 11.5 Å². The zero-order chi connectivity index (χ0) is 18.6. The fraction of sp³-hybridized carbons (Fsp3) is 0.421. The fourth-order valence-electron chi connectivity index (χ4n) is 3.22. The molecule has 1 saturated heterocycles. The number of piperazine rings is 1. The van der Waals surface area contributed by atoms with Crippen LogP contribution in [-0.4, -0.2) is 65.2 Å². The van der Waals surface area contributed by atoms with Gasteiger partial charge in [0.25, 0.3) is 5.91 Å². The van der Waals surface area contributed by atoms with Gasteiger partial charge in [0.05, 0.1) is 0 Å². The Hall–Kier alpha value is -2.87. The summed E-state index contributed by atoms with van der Waals surface area (Å²) >= 11 is 0. The van der Waals surface area contributed by atoms with Crippen LogP contribution in [0.25, 0.3) is 0 Å². The molecule has 0 radical (unpaired) electrons. The molecule has 0 spiro atoms. The maximum atomic E-state index is 12.7. The van der Waals surface area contributed by atoms with Crippen LogP contribution in [0.1, 0.15) is 23.0 Å². The van der Waals surface area contributed by atoms with Crippen molar-refractivity contribution in [1.29, 1.82) is 0 Å². The maximum Gasteiger partial charge on any atom is 0.272 e. The number of nitrogens with zero attached hydrogens (tertiary/aromatic N) is 4. The molecule has 1 N–H and O–H groups in total. The summed E-state index contributed by atoms with van der Waals surface area (Å²) in [5, 5.41) is 3.17. The van der Waals surface area contributed by atoms with Crippen molar-refractivity contribution >= 4 is 11.9 Å². The highest BCUT2D eigenvalue weighted by molar-refractivity contribution is 5.92. The van der Waals surface area contributed by atoms with E-state index in [1.54, 1.807) is 12.3 Å². The van der Waals surface area contributed by atoms with Gasteiger partial charge >= 0.3 is 0 Å². The first-order valence-electron chi connectivity index (χ1n) is 9.20. The molecule has 1 aromatic heterocycles. The summed E-state index contributed by atoms with van der Waals surface area (Å²) in [5.74, 6) is 1.89. The Balaban J connectivity index is 1.38. The smallest absolute Gasteiger partial charge is 0.272 e. The van der Waals surface area contributed by atoms with Crippen LogP contribution in [-0.2, 0) is 6.54 Å². The summed E-state index contributed by atoms with van der Waals surface area (Å²) < 4.78 is 10.7. The molecule has 8 heteroatoms. The standard InChI is InChI=1S/C19H23N5O3/c1-2-23-7-9-24(10-8-23)18(25)15-5-6-20-19(22-15)21-12-14-3-4-16-17(11-14)27-13-26-16/h3-6,11H,2,7-10,12-13H2,1H3,(H,20,21,22). The Labute approximate surface area is 158 Å². The van der Waals surface area contributed by atoms with Gasteiger partial charge in [-0.2, -0.15) is 0 Å². The summed E-state index contributed by atoms with van der Waals surface area (Å²) in [4.78, 5) is 25.5. The summed E-state index contributed by atoms with van der Waals surface area (Å²) in [5.41, 5.74) is 1.44. The normalized spacial score (nSPS) is 16.4. The number of likely N-dealkylation sites (N-methyl/N-ethyl adjacent to an activating group) is 1. The van der Waals surface area contributed by atoms with E-state index in [9.17, 15) is 4.79 Å². The van der Waals surface area contributed by atoms with Crippen molar-refractivity contribution in [2.24, 2.45) is 0 Å². The molecule has 142 valence electrons. The van der Waals surface area contributed by atoms with E-state index in [1.165, 1.54) is 0 Å². The summed E-state index contributed by atoms with van der Waals surface area (Å²) in [6.45, 7) is 7.22. The van der Waals surface area contributed by atoms with E-state index in [-0.39, 0.29) is 12.7 Å². The Bertz CT molecular complexity index is 821. The second kappa shape index (κ2) is 7.79. The molecule has 0 saturated carbocycles. The van der Waals surface area contributed by atoms with Crippen LogP contribution in [0, 0.1) is 0 Å². The van der Waals surface area contributed by atoms with Gasteiger partial charge in [-0.05, 0) is 30.3 Å². The van der Waals surface area contributed by atoms with Crippen LogP contribution in [0.2, 0.25) is 0 Å². The summed E-state index contributed by atoms with van der Waals surface area (Å²) in [7, 11) is 0. The third-order valence-corrected chi connectivity index (χ3v) is 4.87. The molecule has 0 unspecified atom stereocenters. The number of rotatable bonds is 5. The molecule has 3 heterocycles. The van der Waals surface area contributed by atoms with Crippen LogP contribution in [0.3, 0.4) is 0 Å². The van der Waals surface area contributed by atoms with Gasteiger partial charge in [-0.25, -0.2) is 9.97 Å². The van der Waals surface area contributed by atoms with Crippen molar-refractivity contribution < 1.29 is 14.3 Å². The monoisotopic (exact) mass is 369 g/mol. The van der Waals surface area contributed by atoms with E-state index in [0.717, 1.165) is 49.8 Å². The summed E-state index contributed by atoms with van der Waals surface area (Å²) in [6.07, 6.45) is 1.62. The Morgan fingerprint density at radius 2 is 1.96 bits per heavy atom. The highest BCUT2D eigenvalue weighted by Gasteiger charge is 2.22. The first-order chi connectivity index (χ1) is 13.2. The third kappa shape index (κ3) is 3.95. The lowest BCUT2D eigenvalue weighted by atomic mass is 10.2. The highest BCUT2D eigenvalue weighted by Crippen LogP contribution is 2.32. The number of carbonyl (C=O) groups is 1. The predicted molar refractivity (Wildman–Crippen MR) is 99.9 cm³/mol. The molecule has 1 amide bonds. The predicted octanol–water partition coefficient (Wildman–Crippen LogP) is 1.60. The number of benzene rings is 1. The minimum atomic E-state index is -0.0423. The topological polar surface area (TPSA) is 79.8 Å². The van der Waals surface area contributed by atoms with Crippen LogP contribution in [0.4, 0.5) is 5.95 Å². The average Bonchev–Trinajstić information content (AvgIpc) is 3.20. The highest BCUT2D eigenvalue weighted by atomic mass is 16.7. The molecule has 2 aliphatic heterocycles. The average molecular weight is 369 g/mol. The van der Waals surface area contributed by atoms with Gasteiger partial charge in [0, 0.05) is 38.9 Å². The zero-order valence-electron chi connectivity index (χ0n) is 15.4. The molecule has 0 bridgehead atoms. The lowest BCUT2D eigenvalue weighted by Gasteiger charge is -2.33. The second-order valence-corrected chi connectivity index (χ2v) is 6.53. The van der Waals surface area contributed by atoms with Crippen molar-refractivity contribution in [3.05, 3.63) is 41.7 Å². The van der Waals surface area contributed by atoms with Gasteiger partial charge in [0.1, 0.15) is 5.69 Å². The first-order valence-corrected chi connectivity index (χ1v) is 9.20.